The number of hydrogen-bond acceptors (Lipinski definition) is 3. The van der Waals surface area contributed by atoms with E-state index in [1.807, 2.05) is 0 Å². The fourth-order valence-corrected chi connectivity index (χ4v) is 3.83. The van der Waals surface area contributed by atoms with Gasteiger partial charge in [0.1, 0.15) is 0 Å². The predicted molar refractivity (Wildman–Crippen MR) is 70.7 cm³/mol. The maximum absolute atomic E-state index is 11.5. The molecule has 0 bridgehead atoms. The van der Waals surface area contributed by atoms with Crippen molar-refractivity contribution in [3.8, 4) is 0 Å². The first-order valence-electron chi connectivity index (χ1n) is 6.62. The lowest BCUT2D eigenvalue weighted by Crippen LogP contribution is -2.39. The van der Waals surface area contributed by atoms with Gasteiger partial charge in [-0.05, 0) is 44.1 Å². The summed E-state index contributed by atoms with van der Waals surface area (Å²) in [6, 6.07) is 0. The Hall–Kier alpha value is -0.680. The monoisotopic (exact) mass is 271 g/mol. The van der Waals surface area contributed by atoms with E-state index >= 15 is 0 Å². The van der Waals surface area contributed by atoms with Gasteiger partial charge in [0, 0.05) is 19.5 Å². The van der Waals surface area contributed by atoms with Crippen LogP contribution in [0.25, 0.3) is 0 Å². The fourth-order valence-electron chi connectivity index (χ4n) is 2.89. The largest absolute Gasteiger partial charge is 0.295 e. The van der Waals surface area contributed by atoms with Crippen LogP contribution in [-0.2, 0) is 14.8 Å². The number of piperidine rings is 1. The van der Waals surface area contributed by atoms with E-state index in [9.17, 15) is 13.2 Å². The molecule has 2 aliphatic rings. The molecule has 0 radical (unpaired) electrons. The van der Waals surface area contributed by atoms with Crippen molar-refractivity contribution < 1.29 is 13.2 Å². The highest BCUT2D eigenvalue weighted by atomic mass is 32.2. The molecular weight excluding hydrogens is 250 g/mol. The van der Waals surface area contributed by atoms with Crippen LogP contribution in [0.15, 0.2) is 11.6 Å². The van der Waals surface area contributed by atoms with Crippen LogP contribution in [0.2, 0.25) is 0 Å². The number of nitrogens with zero attached hydrogens (tertiary/aromatic N) is 1. The van der Waals surface area contributed by atoms with Gasteiger partial charge in [-0.1, -0.05) is 5.57 Å². The van der Waals surface area contributed by atoms with Crippen LogP contribution in [0.3, 0.4) is 0 Å². The summed E-state index contributed by atoms with van der Waals surface area (Å²) in [5.41, 5.74) is 1.21. The van der Waals surface area contributed by atoms with E-state index in [2.05, 4.69) is 0 Å². The van der Waals surface area contributed by atoms with Crippen molar-refractivity contribution in [2.75, 3.05) is 19.3 Å². The van der Waals surface area contributed by atoms with E-state index in [1.165, 1.54) is 11.8 Å². The van der Waals surface area contributed by atoms with Crippen LogP contribution in [0.4, 0.5) is 0 Å². The molecule has 1 atom stereocenters. The lowest BCUT2D eigenvalue weighted by molar-refractivity contribution is -0.115. The van der Waals surface area contributed by atoms with Crippen molar-refractivity contribution in [1.29, 1.82) is 0 Å². The summed E-state index contributed by atoms with van der Waals surface area (Å²) in [5, 5.41) is 0. The maximum Gasteiger partial charge on any atom is 0.211 e. The van der Waals surface area contributed by atoms with Crippen molar-refractivity contribution in [3.63, 3.8) is 0 Å². The standard InChI is InChI=1S/C13H21NO3S/c1-18(16,17)14-7-3-5-12(10-14)8-11-4-2-6-13(15)9-11/h9,12H,2-8,10H2,1H3. The number of rotatable bonds is 3. The van der Waals surface area contributed by atoms with Crippen LogP contribution >= 0.6 is 0 Å². The van der Waals surface area contributed by atoms with Gasteiger partial charge in [-0.3, -0.25) is 4.79 Å². The Balaban J connectivity index is 1.96. The minimum atomic E-state index is -3.06. The van der Waals surface area contributed by atoms with Gasteiger partial charge in [-0.15, -0.1) is 0 Å². The first kappa shape index (κ1) is 13.7. The number of carbonyl (C=O) groups is 1. The summed E-state index contributed by atoms with van der Waals surface area (Å²) >= 11 is 0. The summed E-state index contributed by atoms with van der Waals surface area (Å²) < 4.78 is 24.6. The third-order valence-electron chi connectivity index (χ3n) is 3.79. The van der Waals surface area contributed by atoms with Crippen molar-refractivity contribution in [2.24, 2.45) is 5.92 Å². The van der Waals surface area contributed by atoms with E-state index in [4.69, 9.17) is 0 Å². The van der Waals surface area contributed by atoms with Crippen molar-refractivity contribution in [2.45, 2.75) is 38.5 Å². The molecule has 1 saturated heterocycles. The van der Waals surface area contributed by atoms with E-state index in [0.717, 1.165) is 32.1 Å². The molecule has 5 heteroatoms. The Morgan fingerprint density at radius 3 is 2.78 bits per heavy atom. The van der Waals surface area contributed by atoms with Crippen LogP contribution in [0, 0.1) is 5.92 Å². The van der Waals surface area contributed by atoms with E-state index < -0.39 is 10.0 Å². The highest BCUT2D eigenvalue weighted by molar-refractivity contribution is 7.88. The van der Waals surface area contributed by atoms with Gasteiger partial charge < -0.3 is 0 Å². The highest BCUT2D eigenvalue weighted by Gasteiger charge is 2.26. The maximum atomic E-state index is 11.5. The molecule has 1 unspecified atom stereocenters. The minimum absolute atomic E-state index is 0.229. The molecule has 0 saturated carbocycles. The Morgan fingerprint density at radius 2 is 2.11 bits per heavy atom. The summed E-state index contributed by atoms with van der Waals surface area (Å²) in [5.74, 6) is 0.609. The predicted octanol–water partition coefficient (Wildman–Crippen LogP) is 1.73. The molecule has 1 aliphatic heterocycles. The average Bonchev–Trinajstić information content (AvgIpc) is 2.28. The first-order chi connectivity index (χ1) is 8.45. The molecule has 1 fully saturated rings. The zero-order valence-corrected chi connectivity index (χ0v) is 11.7. The van der Waals surface area contributed by atoms with Crippen LogP contribution < -0.4 is 0 Å². The first-order valence-corrected chi connectivity index (χ1v) is 8.47. The molecule has 0 spiro atoms. The average molecular weight is 271 g/mol. The topological polar surface area (TPSA) is 54.5 Å². The molecule has 0 N–H and O–H groups in total. The molecule has 0 amide bonds. The quantitative estimate of drug-likeness (QED) is 0.785. The summed E-state index contributed by atoms with van der Waals surface area (Å²) in [6.45, 7) is 1.26. The van der Waals surface area contributed by atoms with Crippen LogP contribution in [0.1, 0.15) is 38.5 Å². The molecule has 1 heterocycles. The number of carbonyl (C=O) groups excluding carboxylic acids is 1. The fraction of sp³-hybridized carbons (Fsp3) is 0.769. The third kappa shape index (κ3) is 3.65. The number of sulfonamides is 1. The third-order valence-corrected chi connectivity index (χ3v) is 5.06. The second kappa shape index (κ2) is 5.53. The molecule has 2 rings (SSSR count). The smallest absolute Gasteiger partial charge is 0.211 e. The lowest BCUT2D eigenvalue weighted by atomic mass is 9.87. The van der Waals surface area contributed by atoms with Crippen LogP contribution in [-0.4, -0.2) is 37.9 Å². The highest BCUT2D eigenvalue weighted by Crippen LogP contribution is 2.28. The van der Waals surface area contributed by atoms with Crippen molar-refractivity contribution in [1.82, 2.24) is 4.31 Å². The van der Waals surface area contributed by atoms with E-state index in [1.54, 1.807) is 10.4 Å². The van der Waals surface area contributed by atoms with Gasteiger partial charge in [-0.2, -0.15) is 0 Å². The summed E-state index contributed by atoms with van der Waals surface area (Å²) in [7, 11) is -3.06. The summed E-state index contributed by atoms with van der Waals surface area (Å²) in [4.78, 5) is 11.4. The molecular formula is C13H21NO3S. The number of ketones is 1. The minimum Gasteiger partial charge on any atom is -0.295 e. The van der Waals surface area contributed by atoms with Gasteiger partial charge in [0.25, 0.3) is 0 Å². The molecule has 102 valence electrons. The zero-order chi connectivity index (χ0) is 13.2. The van der Waals surface area contributed by atoms with Gasteiger partial charge in [-0.25, -0.2) is 12.7 Å². The molecule has 1 aliphatic carbocycles. The molecule has 4 nitrogen and oxygen atoms in total. The van der Waals surface area contributed by atoms with Crippen LogP contribution in [0.5, 0.6) is 0 Å². The molecule has 0 aromatic heterocycles. The summed E-state index contributed by atoms with van der Waals surface area (Å²) in [6.07, 6.45) is 8.56. The molecule has 0 aromatic rings. The Morgan fingerprint density at radius 1 is 1.33 bits per heavy atom. The Bertz CT molecular complexity index is 453. The van der Waals surface area contributed by atoms with Gasteiger partial charge >= 0.3 is 0 Å². The Labute approximate surface area is 109 Å². The van der Waals surface area contributed by atoms with Gasteiger partial charge in [0.05, 0.1) is 6.26 Å². The Kier molecular flexibility index (Phi) is 4.22. The zero-order valence-electron chi connectivity index (χ0n) is 10.9. The molecule has 0 aromatic carbocycles. The second-order valence-electron chi connectivity index (χ2n) is 5.46. The van der Waals surface area contributed by atoms with Crippen molar-refractivity contribution in [3.05, 3.63) is 11.6 Å². The SMILES string of the molecule is CS(=O)(=O)N1CCCC(CC2=CC(=O)CCC2)C1. The second-order valence-corrected chi connectivity index (χ2v) is 7.44. The van der Waals surface area contributed by atoms with Gasteiger partial charge in [0.2, 0.25) is 10.0 Å². The molecule has 18 heavy (non-hydrogen) atoms. The normalized spacial score (nSPS) is 27.1. The van der Waals surface area contributed by atoms with Crippen molar-refractivity contribution >= 4 is 15.8 Å². The number of hydrogen-bond donors (Lipinski definition) is 0. The van der Waals surface area contributed by atoms with E-state index in [0.29, 0.717) is 25.4 Å². The lowest BCUT2D eigenvalue weighted by Gasteiger charge is -2.31. The van der Waals surface area contributed by atoms with Gasteiger partial charge in [0.15, 0.2) is 5.78 Å². The van der Waals surface area contributed by atoms with E-state index in [-0.39, 0.29) is 5.78 Å². The number of allylic oxidation sites excluding steroid dienone is 2.